The summed E-state index contributed by atoms with van der Waals surface area (Å²) in [7, 11) is 0. The molecule has 2 heterocycles. The number of fused-ring (bicyclic) bond motifs is 8. The highest BCUT2D eigenvalue weighted by molar-refractivity contribution is 7.25. The van der Waals surface area contributed by atoms with Crippen LogP contribution in [0.3, 0.4) is 0 Å². The summed E-state index contributed by atoms with van der Waals surface area (Å²) in [5, 5.41) is 11.4. The van der Waals surface area contributed by atoms with E-state index in [1.807, 2.05) is 23.6 Å². The van der Waals surface area contributed by atoms with Crippen molar-refractivity contribution < 1.29 is 0 Å². The predicted molar refractivity (Wildman–Crippen MR) is 247 cm³/mol. The third kappa shape index (κ3) is 5.12. The zero-order valence-corrected chi connectivity index (χ0v) is 32.4. The van der Waals surface area contributed by atoms with Crippen LogP contribution in [0, 0.1) is 0 Å². The van der Waals surface area contributed by atoms with Crippen molar-refractivity contribution in [3.8, 4) is 22.3 Å². The molecule has 0 unspecified atom stereocenters. The van der Waals surface area contributed by atoms with Crippen LogP contribution in [-0.4, -0.2) is 4.98 Å². The third-order valence-corrected chi connectivity index (χ3v) is 13.3. The summed E-state index contributed by atoms with van der Waals surface area (Å²) in [5.74, 6) is 0. The number of rotatable bonds is 4. The highest BCUT2D eigenvalue weighted by Crippen LogP contribution is 2.46. The average Bonchev–Trinajstić information content (AvgIpc) is 3.59. The smallest absolute Gasteiger partial charge is 0.0708 e. The summed E-state index contributed by atoms with van der Waals surface area (Å²) < 4.78 is 2.62. The molecular formula is C56H35NS. The van der Waals surface area contributed by atoms with E-state index in [0.717, 1.165) is 17.3 Å². The first kappa shape index (κ1) is 33.1. The number of pyridine rings is 1. The van der Waals surface area contributed by atoms with Gasteiger partial charge in [0.05, 0.1) is 5.52 Å². The van der Waals surface area contributed by atoms with Gasteiger partial charge in [-0.2, -0.15) is 0 Å². The fourth-order valence-electron chi connectivity index (χ4n) is 9.68. The van der Waals surface area contributed by atoms with Gasteiger partial charge in [-0.1, -0.05) is 164 Å². The molecule has 0 saturated carbocycles. The minimum Gasteiger partial charge on any atom is -0.256 e. The third-order valence-electron chi connectivity index (χ3n) is 12.2. The summed E-state index contributed by atoms with van der Waals surface area (Å²) in [6.07, 6.45) is 2.72. The van der Waals surface area contributed by atoms with Crippen LogP contribution in [-0.2, 0) is 6.42 Å². The molecule has 0 saturated heterocycles. The van der Waals surface area contributed by atoms with E-state index in [4.69, 9.17) is 4.98 Å². The van der Waals surface area contributed by atoms with Crippen LogP contribution in [0.5, 0.6) is 0 Å². The largest absolute Gasteiger partial charge is 0.256 e. The van der Waals surface area contributed by atoms with Crippen LogP contribution in [0.4, 0.5) is 0 Å². The van der Waals surface area contributed by atoms with E-state index in [1.165, 1.54) is 108 Å². The van der Waals surface area contributed by atoms with Gasteiger partial charge in [-0.15, -0.1) is 11.3 Å². The van der Waals surface area contributed by atoms with E-state index in [2.05, 4.69) is 188 Å². The van der Waals surface area contributed by atoms with Crippen LogP contribution in [0.25, 0.3) is 86.0 Å². The number of aromatic nitrogens is 1. The molecule has 0 bridgehead atoms. The molecule has 2 heteroatoms. The fraction of sp³-hybridized carbons (Fsp3) is 0.0179. The molecule has 9 aromatic carbocycles. The maximum absolute atomic E-state index is 4.75. The monoisotopic (exact) mass is 753 g/mol. The number of hydrogen-bond acceptors (Lipinski definition) is 2. The first-order valence-electron chi connectivity index (χ1n) is 20.0. The van der Waals surface area contributed by atoms with Crippen molar-refractivity contribution in [3.05, 3.63) is 233 Å². The van der Waals surface area contributed by atoms with Crippen molar-refractivity contribution in [1.82, 2.24) is 4.98 Å². The van der Waals surface area contributed by atoms with Gasteiger partial charge in [0.15, 0.2) is 0 Å². The molecule has 2 aromatic heterocycles. The van der Waals surface area contributed by atoms with E-state index in [1.54, 1.807) is 0 Å². The molecule has 0 fully saturated rings. The van der Waals surface area contributed by atoms with E-state index >= 15 is 0 Å². The van der Waals surface area contributed by atoms with Crippen molar-refractivity contribution >= 4 is 75.1 Å². The van der Waals surface area contributed by atoms with Crippen molar-refractivity contribution in [3.63, 3.8) is 0 Å². The Hall–Kier alpha value is -7.13. The molecule has 1 aliphatic carbocycles. The minimum atomic E-state index is 0.828. The zero-order chi connectivity index (χ0) is 38.2. The Morgan fingerprint density at radius 3 is 1.86 bits per heavy atom. The first-order chi connectivity index (χ1) is 28.8. The van der Waals surface area contributed by atoms with Crippen LogP contribution in [0.2, 0.25) is 0 Å². The standard InChI is InChI=1S/C56H35NS/c1-2-14-36(15-3-1)53-43-21-8-10-23-45(43)55(46-24-11-9-22-44(46)53)38-29-30-51-49(33-38)56-47(25-12-26-52(56)58-51)48-32-37-16-4-5-18-40(37)54(42-20-7-6-19-41(42)48)39-28-27-35-17-13-31-57-50(35)34-39/h1-31,33-34H,32H2. The van der Waals surface area contributed by atoms with Gasteiger partial charge in [0.25, 0.3) is 0 Å². The van der Waals surface area contributed by atoms with Gasteiger partial charge in [-0.25, -0.2) is 0 Å². The van der Waals surface area contributed by atoms with Crippen LogP contribution in [0.1, 0.15) is 22.3 Å². The second-order valence-corrected chi connectivity index (χ2v) is 16.4. The SMILES string of the molecule is c1ccc(-c2c3ccccc3c(-c3ccc4sc5cccc(C6=c7ccccc7=C(c7ccc8cccnc8c7)c7ccccc7C6)c5c4c3)c3ccccc23)cc1. The predicted octanol–water partition coefficient (Wildman–Crippen LogP) is 13.2. The Morgan fingerprint density at radius 2 is 1.07 bits per heavy atom. The molecule has 0 spiro atoms. The summed E-state index contributed by atoms with van der Waals surface area (Å²) >= 11 is 1.90. The molecular weight excluding hydrogens is 719 g/mol. The van der Waals surface area contributed by atoms with E-state index < -0.39 is 0 Å². The van der Waals surface area contributed by atoms with Crippen LogP contribution < -0.4 is 10.4 Å². The highest BCUT2D eigenvalue weighted by atomic mass is 32.1. The summed E-state index contributed by atoms with van der Waals surface area (Å²) in [4.78, 5) is 4.75. The molecule has 0 aliphatic heterocycles. The number of nitrogens with zero attached hydrogens (tertiary/aromatic N) is 1. The topological polar surface area (TPSA) is 12.9 Å². The van der Waals surface area contributed by atoms with Crippen molar-refractivity contribution in [1.29, 1.82) is 0 Å². The molecule has 11 aromatic rings. The summed E-state index contributed by atoms with van der Waals surface area (Å²) in [6.45, 7) is 0. The maximum atomic E-state index is 4.75. The highest BCUT2D eigenvalue weighted by Gasteiger charge is 2.22. The first-order valence-corrected chi connectivity index (χ1v) is 20.8. The Bertz CT molecular complexity index is 3540. The van der Waals surface area contributed by atoms with Crippen LogP contribution in [0.15, 0.2) is 200 Å². The molecule has 1 nitrogen and oxygen atoms in total. The number of hydrogen-bond donors (Lipinski definition) is 0. The van der Waals surface area contributed by atoms with Gasteiger partial charge in [0.1, 0.15) is 0 Å². The molecule has 0 radical (unpaired) electrons. The number of benzene rings is 9. The fourth-order valence-corrected chi connectivity index (χ4v) is 10.8. The Balaban J connectivity index is 1.15. The molecule has 12 rings (SSSR count). The zero-order valence-electron chi connectivity index (χ0n) is 31.6. The van der Waals surface area contributed by atoms with E-state index in [-0.39, 0.29) is 0 Å². The normalized spacial score (nSPS) is 12.7. The quantitative estimate of drug-likeness (QED) is 0.163. The van der Waals surface area contributed by atoms with E-state index in [9.17, 15) is 0 Å². The summed E-state index contributed by atoms with van der Waals surface area (Å²) in [5.41, 5.74) is 13.8. The Labute approximate surface area is 340 Å². The Morgan fingerprint density at radius 1 is 0.414 bits per heavy atom. The number of thiophene rings is 1. The lowest BCUT2D eigenvalue weighted by atomic mass is 9.85. The second kappa shape index (κ2) is 13.2. The summed E-state index contributed by atoms with van der Waals surface area (Å²) in [6, 6.07) is 71.8. The average molecular weight is 754 g/mol. The molecule has 0 N–H and O–H groups in total. The van der Waals surface area contributed by atoms with Crippen molar-refractivity contribution in [2.45, 2.75) is 6.42 Å². The van der Waals surface area contributed by atoms with E-state index in [0.29, 0.717) is 0 Å². The van der Waals surface area contributed by atoms with Gasteiger partial charge in [0, 0.05) is 31.8 Å². The van der Waals surface area contributed by atoms with Crippen LogP contribution >= 0.6 is 11.3 Å². The van der Waals surface area contributed by atoms with Gasteiger partial charge in [-0.05, 0) is 124 Å². The second-order valence-electron chi connectivity index (χ2n) is 15.3. The van der Waals surface area contributed by atoms with Gasteiger partial charge in [0.2, 0.25) is 0 Å². The van der Waals surface area contributed by atoms with Gasteiger partial charge >= 0.3 is 0 Å². The van der Waals surface area contributed by atoms with Crippen molar-refractivity contribution in [2.75, 3.05) is 0 Å². The lowest BCUT2D eigenvalue weighted by Gasteiger charge is -2.18. The minimum absolute atomic E-state index is 0.828. The Kier molecular flexibility index (Phi) is 7.54. The van der Waals surface area contributed by atoms with Gasteiger partial charge < -0.3 is 0 Å². The maximum Gasteiger partial charge on any atom is 0.0708 e. The molecule has 1 aliphatic rings. The van der Waals surface area contributed by atoms with Crippen molar-refractivity contribution in [2.24, 2.45) is 0 Å². The lowest BCUT2D eigenvalue weighted by Crippen LogP contribution is -2.29. The molecule has 270 valence electrons. The molecule has 58 heavy (non-hydrogen) atoms. The molecule has 0 amide bonds. The van der Waals surface area contributed by atoms with Gasteiger partial charge in [-0.3, -0.25) is 4.98 Å². The molecule has 0 atom stereocenters. The lowest BCUT2D eigenvalue weighted by molar-refractivity contribution is 1.26.